The van der Waals surface area contributed by atoms with Crippen molar-refractivity contribution in [3.63, 3.8) is 0 Å². The van der Waals surface area contributed by atoms with Gasteiger partial charge < -0.3 is 15.7 Å². The van der Waals surface area contributed by atoms with Crippen LogP contribution in [-0.4, -0.2) is 29.1 Å². The van der Waals surface area contributed by atoms with Crippen LogP contribution in [0.5, 0.6) is 5.75 Å². The van der Waals surface area contributed by atoms with Crippen molar-refractivity contribution in [2.45, 2.75) is 26.2 Å². The van der Waals surface area contributed by atoms with Gasteiger partial charge in [0.2, 0.25) is 5.91 Å². The summed E-state index contributed by atoms with van der Waals surface area (Å²) in [6.45, 7) is 5.22. The monoisotopic (exact) mass is 313 g/mol. The highest BCUT2D eigenvalue weighted by Crippen LogP contribution is 2.18. The number of carbonyl (C=O) groups excluding carboxylic acids is 1. The average Bonchev–Trinajstić information content (AvgIpc) is 2.56. The molecule has 0 radical (unpaired) electrons. The first-order valence-electron chi connectivity index (χ1n) is 7.79. The van der Waals surface area contributed by atoms with Gasteiger partial charge in [-0.15, -0.1) is 0 Å². The Labute approximate surface area is 136 Å². The number of carbonyl (C=O) groups is 1. The number of phenols is 1. The van der Waals surface area contributed by atoms with Crippen LogP contribution >= 0.6 is 0 Å². The number of nitrogens with one attached hydrogen (secondary N) is 2. The summed E-state index contributed by atoms with van der Waals surface area (Å²) in [5.74, 6) is 0.808. The molecule has 1 aromatic heterocycles. The lowest BCUT2D eigenvalue weighted by atomic mass is 10.0. The fourth-order valence-corrected chi connectivity index (χ4v) is 2.16. The number of aryl methyl sites for hydroxylation is 1. The molecule has 0 aliphatic rings. The van der Waals surface area contributed by atoms with Gasteiger partial charge in [0.15, 0.2) is 0 Å². The van der Waals surface area contributed by atoms with Crippen LogP contribution in [0.25, 0.3) is 0 Å². The number of phenolic OH excluding ortho intramolecular Hbond substituents is 1. The van der Waals surface area contributed by atoms with Crippen molar-refractivity contribution in [2.75, 3.05) is 18.4 Å². The van der Waals surface area contributed by atoms with E-state index in [1.807, 2.05) is 32.2 Å². The molecular weight excluding hydrogens is 290 g/mol. The van der Waals surface area contributed by atoms with E-state index in [9.17, 15) is 9.90 Å². The van der Waals surface area contributed by atoms with Crippen molar-refractivity contribution in [1.29, 1.82) is 0 Å². The molecule has 0 aliphatic heterocycles. The number of hydrogen-bond donors (Lipinski definition) is 3. The van der Waals surface area contributed by atoms with Crippen LogP contribution < -0.4 is 10.6 Å². The first kappa shape index (κ1) is 16.8. The smallest absolute Gasteiger partial charge is 0.227 e. The van der Waals surface area contributed by atoms with Gasteiger partial charge in [-0.2, -0.15) is 0 Å². The van der Waals surface area contributed by atoms with Crippen molar-refractivity contribution in [2.24, 2.45) is 0 Å². The minimum absolute atomic E-state index is 0.0100. The maximum Gasteiger partial charge on any atom is 0.227 e. The summed E-state index contributed by atoms with van der Waals surface area (Å²) in [4.78, 5) is 16.4. The first-order valence-corrected chi connectivity index (χ1v) is 7.79. The zero-order chi connectivity index (χ0) is 16.7. The molecule has 0 saturated heterocycles. The quantitative estimate of drug-likeness (QED) is 0.687. The second-order valence-corrected chi connectivity index (χ2v) is 5.61. The number of nitrogens with zero attached hydrogens (tertiary/aromatic N) is 1. The molecule has 3 N–H and O–H groups in total. The summed E-state index contributed by atoms with van der Waals surface area (Å²) in [6, 6.07) is 10.7. The Hall–Kier alpha value is -2.56. The molecule has 0 unspecified atom stereocenters. The summed E-state index contributed by atoms with van der Waals surface area (Å²) in [7, 11) is 0. The highest BCUT2D eigenvalue weighted by molar-refractivity contribution is 5.83. The number of rotatable bonds is 7. The lowest BCUT2D eigenvalue weighted by Crippen LogP contribution is -2.29. The third-order valence-corrected chi connectivity index (χ3v) is 3.66. The van der Waals surface area contributed by atoms with Crippen molar-refractivity contribution in [3.05, 3.63) is 53.7 Å². The Bertz CT molecular complexity index is 624. The van der Waals surface area contributed by atoms with Crippen molar-refractivity contribution in [1.82, 2.24) is 10.3 Å². The molecule has 5 nitrogen and oxygen atoms in total. The van der Waals surface area contributed by atoms with Gasteiger partial charge in [-0.05, 0) is 49.6 Å². The first-order chi connectivity index (χ1) is 11.1. The van der Waals surface area contributed by atoms with Crippen LogP contribution in [0.1, 0.15) is 30.4 Å². The molecule has 2 rings (SSSR count). The van der Waals surface area contributed by atoms with E-state index in [1.165, 1.54) is 0 Å². The molecule has 5 heteroatoms. The van der Waals surface area contributed by atoms with Crippen molar-refractivity contribution < 1.29 is 9.90 Å². The van der Waals surface area contributed by atoms with Gasteiger partial charge in [0.05, 0.1) is 5.92 Å². The Kier molecular flexibility index (Phi) is 5.97. The van der Waals surface area contributed by atoms with Crippen LogP contribution in [0.3, 0.4) is 0 Å². The Morgan fingerprint density at radius 2 is 1.91 bits per heavy atom. The molecule has 0 aliphatic carbocycles. The minimum Gasteiger partial charge on any atom is -0.508 e. The van der Waals surface area contributed by atoms with E-state index >= 15 is 0 Å². The number of pyridine rings is 1. The molecule has 0 spiro atoms. The normalized spacial score (nSPS) is 11.7. The number of amides is 1. The van der Waals surface area contributed by atoms with Crippen molar-refractivity contribution >= 4 is 11.7 Å². The summed E-state index contributed by atoms with van der Waals surface area (Å²) in [6.07, 6.45) is 2.65. The van der Waals surface area contributed by atoms with E-state index < -0.39 is 0 Å². The molecule has 1 aromatic carbocycles. The SMILES string of the molecule is Cc1ccc(NCCCNC(=O)[C@@H](C)c2ccc(O)cc2)nc1. The molecule has 0 bridgehead atoms. The van der Waals surface area contributed by atoms with Crippen molar-refractivity contribution in [3.8, 4) is 5.75 Å². The Morgan fingerprint density at radius 1 is 1.17 bits per heavy atom. The largest absolute Gasteiger partial charge is 0.508 e. The lowest BCUT2D eigenvalue weighted by Gasteiger charge is -2.13. The number of aromatic hydroxyl groups is 1. The second kappa shape index (κ2) is 8.17. The molecule has 2 aromatic rings. The van der Waals surface area contributed by atoms with Gasteiger partial charge in [0.1, 0.15) is 11.6 Å². The van der Waals surface area contributed by atoms with Gasteiger partial charge in [0, 0.05) is 19.3 Å². The molecule has 1 heterocycles. The topological polar surface area (TPSA) is 74.2 Å². The zero-order valence-electron chi connectivity index (χ0n) is 13.5. The molecule has 1 atom stereocenters. The second-order valence-electron chi connectivity index (χ2n) is 5.61. The molecule has 23 heavy (non-hydrogen) atoms. The van der Waals surface area contributed by atoms with Gasteiger partial charge in [0.25, 0.3) is 0 Å². The average molecular weight is 313 g/mol. The van der Waals surface area contributed by atoms with E-state index in [2.05, 4.69) is 15.6 Å². The number of hydrogen-bond acceptors (Lipinski definition) is 4. The highest BCUT2D eigenvalue weighted by Gasteiger charge is 2.14. The van der Waals surface area contributed by atoms with Gasteiger partial charge in [-0.3, -0.25) is 4.79 Å². The van der Waals surface area contributed by atoms with Crippen LogP contribution in [0.15, 0.2) is 42.6 Å². The molecule has 1 amide bonds. The highest BCUT2D eigenvalue weighted by atomic mass is 16.3. The number of aromatic nitrogens is 1. The number of anilines is 1. The Morgan fingerprint density at radius 3 is 2.57 bits per heavy atom. The number of benzene rings is 1. The summed E-state index contributed by atoms with van der Waals surface area (Å²) < 4.78 is 0. The molecular formula is C18H23N3O2. The van der Waals surface area contributed by atoms with E-state index in [-0.39, 0.29) is 17.6 Å². The zero-order valence-corrected chi connectivity index (χ0v) is 13.5. The maximum atomic E-state index is 12.1. The summed E-state index contributed by atoms with van der Waals surface area (Å²) in [5.41, 5.74) is 2.02. The fourth-order valence-electron chi connectivity index (χ4n) is 2.16. The van der Waals surface area contributed by atoms with E-state index in [0.29, 0.717) is 6.54 Å². The summed E-state index contributed by atoms with van der Waals surface area (Å²) in [5, 5.41) is 15.4. The van der Waals surface area contributed by atoms with Crippen LogP contribution in [0.2, 0.25) is 0 Å². The van der Waals surface area contributed by atoms with E-state index in [0.717, 1.165) is 29.9 Å². The predicted molar refractivity (Wildman–Crippen MR) is 91.6 cm³/mol. The predicted octanol–water partition coefficient (Wildman–Crippen LogP) is 2.82. The summed E-state index contributed by atoms with van der Waals surface area (Å²) >= 11 is 0. The fraction of sp³-hybridized carbons (Fsp3) is 0.333. The van der Waals surface area contributed by atoms with Gasteiger partial charge >= 0.3 is 0 Å². The van der Waals surface area contributed by atoms with Gasteiger partial charge in [-0.1, -0.05) is 18.2 Å². The van der Waals surface area contributed by atoms with Crippen LogP contribution in [0, 0.1) is 6.92 Å². The van der Waals surface area contributed by atoms with Gasteiger partial charge in [-0.25, -0.2) is 4.98 Å². The minimum atomic E-state index is -0.234. The lowest BCUT2D eigenvalue weighted by molar-refractivity contribution is -0.122. The standard InChI is InChI=1S/C18H23N3O2/c1-13-4-9-17(21-12-13)19-10-3-11-20-18(23)14(2)15-5-7-16(22)8-6-15/h4-9,12,14,22H,3,10-11H2,1-2H3,(H,19,21)(H,20,23)/t14-/m0/s1. The third kappa shape index (κ3) is 5.29. The molecule has 0 fully saturated rings. The van der Waals surface area contributed by atoms with Crippen LogP contribution in [-0.2, 0) is 4.79 Å². The molecule has 0 saturated carbocycles. The Balaban J connectivity index is 1.68. The molecule has 122 valence electrons. The van der Waals surface area contributed by atoms with E-state index in [4.69, 9.17) is 0 Å². The maximum absolute atomic E-state index is 12.1. The third-order valence-electron chi connectivity index (χ3n) is 3.66. The van der Waals surface area contributed by atoms with Crippen LogP contribution in [0.4, 0.5) is 5.82 Å². The van der Waals surface area contributed by atoms with E-state index in [1.54, 1.807) is 24.3 Å².